The van der Waals surface area contributed by atoms with Crippen LogP contribution in [0.5, 0.6) is 0 Å². The van der Waals surface area contributed by atoms with Crippen LogP contribution in [0.15, 0.2) is 0 Å². The fourth-order valence-corrected chi connectivity index (χ4v) is 2.49. The number of hydrogen-bond donors (Lipinski definition) is 2. The van der Waals surface area contributed by atoms with E-state index in [0.717, 1.165) is 19.0 Å². The van der Waals surface area contributed by atoms with E-state index >= 15 is 0 Å². The zero-order valence-electron chi connectivity index (χ0n) is 10.9. The minimum atomic E-state index is -0.409. The Hall–Kier alpha value is -0.120. The molecular weight excluding hydrogens is 200 g/mol. The van der Waals surface area contributed by atoms with Gasteiger partial charge in [0.2, 0.25) is 0 Å². The van der Waals surface area contributed by atoms with E-state index in [4.69, 9.17) is 10.8 Å². The molecule has 0 saturated carbocycles. The van der Waals surface area contributed by atoms with Gasteiger partial charge in [-0.1, -0.05) is 19.8 Å². The molecule has 0 aromatic carbocycles. The molecule has 2 unspecified atom stereocenters. The monoisotopic (exact) mass is 228 g/mol. The van der Waals surface area contributed by atoms with Gasteiger partial charge in [-0.05, 0) is 39.2 Å². The van der Waals surface area contributed by atoms with Crippen molar-refractivity contribution < 1.29 is 5.11 Å². The predicted molar refractivity (Wildman–Crippen MR) is 68.4 cm³/mol. The van der Waals surface area contributed by atoms with Gasteiger partial charge in [0.1, 0.15) is 0 Å². The van der Waals surface area contributed by atoms with E-state index in [0.29, 0.717) is 0 Å². The molecule has 0 spiro atoms. The summed E-state index contributed by atoms with van der Waals surface area (Å²) in [6, 6.07) is 0.758. The van der Waals surface area contributed by atoms with Gasteiger partial charge >= 0.3 is 0 Å². The van der Waals surface area contributed by atoms with Crippen molar-refractivity contribution >= 4 is 0 Å². The Morgan fingerprint density at radius 3 is 2.81 bits per heavy atom. The summed E-state index contributed by atoms with van der Waals surface area (Å²) in [5.74, 6) is 0. The molecule has 1 aliphatic rings. The average Bonchev–Trinajstić information content (AvgIpc) is 2.28. The molecule has 1 rings (SSSR count). The molecule has 1 aliphatic heterocycles. The summed E-state index contributed by atoms with van der Waals surface area (Å²) in [5, 5.41) is 9.15. The van der Waals surface area contributed by atoms with E-state index in [1.165, 1.54) is 38.6 Å². The van der Waals surface area contributed by atoms with Gasteiger partial charge in [0, 0.05) is 18.1 Å². The molecule has 1 saturated heterocycles. The van der Waals surface area contributed by atoms with Crippen LogP contribution in [-0.2, 0) is 0 Å². The summed E-state index contributed by atoms with van der Waals surface area (Å²) in [4.78, 5) is 2.58. The van der Waals surface area contributed by atoms with E-state index in [9.17, 15) is 0 Å². The van der Waals surface area contributed by atoms with Crippen molar-refractivity contribution in [2.75, 3.05) is 19.7 Å². The van der Waals surface area contributed by atoms with Crippen molar-refractivity contribution in [2.45, 2.75) is 64.0 Å². The SMILES string of the molecule is CCCC1CCCCN1CCC(C)(N)CO. The third-order valence-electron chi connectivity index (χ3n) is 3.70. The molecule has 1 heterocycles. The van der Waals surface area contributed by atoms with Gasteiger partial charge in [-0.15, -0.1) is 0 Å². The van der Waals surface area contributed by atoms with Crippen molar-refractivity contribution in [3.8, 4) is 0 Å². The lowest BCUT2D eigenvalue weighted by Crippen LogP contribution is -2.47. The molecule has 2 atom stereocenters. The molecule has 0 aromatic heterocycles. The van der Waals surface area contributed by atoms with Crippen molar-refractivity contribution in [2.24, 2.45) is 5.73 Å². The molecule has 3 N–H and O–H groups in total. The molecule has 1 fully saturated rings. The highest BCUT2D eigenvalue weighted by Crippen LogP contribution is 2.21. The number of nitrogens with zero attached hydrogens (tertiary/aromatic N) is 1. The molecule has 0 amide bonds. The van der Waals surface area contributed by atoms with Crippen LogP contribution in [0.25, 0.3) is 0 Å². The number of piperidine rings is 1. The summed E-state index contributed by atoms with van der Waals surface area (Å²) in [6.07, 6.45) is 7.50. The van der Waals surface area contributed by atoms with Crippen LogP contribution in [0.2, 0.25) is 0 Å². The highest BCUT2D eigenvalue weighted by molar-refractivity contribution is 4.82. The smallest absolute Gasteiger partial charge is 0.0608 e. The standard InChI is InChI=1S/C13H28N2O/c1-3-6-12-7-4-5-9-15(12)10-8-13(2,14)11-16/h12,16H,3-11,14H2,1-2H3. The van der Waals surface area contributed by atoms with Gasteiger partial charge in [0.15, 0.2) is 0 Å². The highest BCUT2D eigenvalue weighted by Gasteiger charge is 2.24. The molecule has 16 heavy (non-hydrogen) atoms. The normalized spacial score (nSPS) is 26.6. The maximum absolute atomic E-state index is 9.15. The van der Waals surface area contributed by atoms with Crippen LogP contribution in [0.3, 0.4) is 0 Å². The van der Waals surface area contributed by atoms with Crippen LogP contribution < -0.4 is 5.73 Å². The Morgan fingerprint density at radius 1 is 1.44 bits per heavy atom. The second-order valence-electron chi connectivity index (χ2n) is 5.54. The number of hydrogen-bond acceptors (Lipinski definition) is 3. The topological polar surface area (TPSA) is 49.5 Å². The molecule has 96 valence electrons. The summed E-state index contributed by atoms with van der Waals surface area (Å²) in [5.41, 5.74) is 5.57. The number of aliphatic hydroxyl groups excluding tert-OH is 1. The van der Waals surface area contributed by atoms with Crippen molar-refractivity contribution in [3.05, 3.63) is 0 Å². The summed E-state index contributed by atoms with van der Waals surface area (Å²) < 4.78 is 0. The van der Waals surface area contributed by atoms with Crippen LogP contribution >= 0.6 is 0 Å². The molecule has 0 aliphatic carbocycles. The average molecular weight is 228 g/mol. The van der Waals surface area contributed by atoms with Gasteiger partial charge < -0.3 is 15.7 Å². The fourth-order valence-electron chi connectivity index (χ4n) is 2.49. The lowest BCUT2D eigenvalue weighted by Gasteiger charge is -2.37. The number of aliphatic hydroxyl groups is 1. The van der Waals surface area contributed by atoms with Crippen LogP contribution in [0.4, 0.5) is 0 Å². The van der Waals surface area contributed by atoms with Gasteiger partial charge in [0.25, 0.3) is 0 Å². The minimum absolute atomic E-state index is 0.0826. The molecule has 0 radical (unpaired) electrons. The minimum Gasteiger partial charge on any atom is -0.394 e. The first-order valence-corrected chi connectivity index (χ1v) is 6.73. The van der Waals surface area contributed by atoms with E-state index in [1.807, 2.05) is 6.92 Å². The summed E-state index contributed by atoms with van der Waals surface area (Å²) >= 11 is 0. The highest BCUT2D eigenvalue weighted by atomic mass is 16.3. The van der Waals surface area contributed by atoms with Crippen molar-refractivity contribution in [1.29, 1.82) is 0 Å². The Morgan fingerprint density at radius 2 is 2.19 bits per heavy atom. The maximum Gasteiger partial charge on any atom is 0.0608 e. The van der Waals surface area contributed by atoms with Gasteiger partial charge in [-0.2, -0.15) is 0 Å². The number of likely N-dealkylation sites (tertiary alicyclic amines) is 1. The Kier molecular flexibility index (Phi) is 5.73. The largest absolute Gasteiger partial charge is 0.394 e. The van der Waals surface area contributed by atoms with Crippen LogP contribution in [0.1, 0.15) is 52.4 Å². The predicted octanol–water partition coefficient (Wildman–Crippen LogP) is 1.74. The van der Waals surface area contributed by atoms with Crippen molar-refractivity contribution in [1.82, 2.24) is 4.90 Å². The van der Waals surface area contributed by atoms with Gasteiger partial charge in [-0.3, -0.25) is 0 Å². The first-order chi connectivity index (χ1) is 7.59. The zero-order chi connectivity index (χ0) is 12.0. The molecule has 0 bridgehead atoms. The summed E-state index contributed by atoms with van der Waals surface area (Å²) in [7, 11) is 0. The summed E-state index contributed by atoms with van der Waals surface area (Å²) in [6.45, 7) is 6.53. The molecule has 0 aromatic rings. The first kappa shape index (κ1) is 13.9. The van der Waals surface area contributed by atoms with Gasteiger partial charge in [0.05, 0.1) is 6.61 Å². The Balaban J connectivity index is 2.37. The molecule has 3 nitrogen and oxygen atoms in total. The lowest BCUT2D eigenvalue weighted by atomic mass is 9.95. The lowest BCUT2D eigenvalue weighted by molar-refractivity contribution is 0.115. The van der Waals surface area contributed by atoms with E-state index in [-0.39, 0.29) is 6.61 Å². The first-order valence-electron chi connectivity index (χ1n) is 6.73. The third-order valence-corrected chi connectivity index (χ3v) is 3.70. The van der Waals surface area contributed by atoms with Crippen molar-refractivity contribution in [3.63, 3.8) is 0 Å². The van der Waals surface area contributed by atoms with Crippen LogP contribution in [-0.4, -0.2) is 41.3 Å². The fraction of sp³-hybridized carbons (Fsp3) is 1.00. The number of nitrogens with two attached hydrogens (primary N) is 1. The number of rotatable bonds is 6. The zero-order valence-corrected chi connectivity index (χ0v) is 10.9. The second-order valence-corrected chi connectivity index (χ2v) is 5.54. The maximum atomic E-state index is 9.15. The van der Waals surface area contributed by atoms with Crippen LogP contribution in [0, 0.1) is 0 Å². The second kappa shape index (κ2) is 6.58. The third kappa shape index (κ3) is 4.40. The van der Waals surface area contributed by atoms with Gasteiger partial charge in [-0.25, -0.2) is 0 Å². The molecular formula is C13H28N2O. The van der Waals surface area contributed by atoms with E-state index in [2.05, 4.69) is 11.8 Å². The Bertz CT molecular complexity index is 192. The van der Waals surface area contributed by atoms with E-state index in [1.54, 1.807) is 0 Å². The molecule has 3 heteroatoms. The quantitative estimate of drug-likeness (QED) is 0.728. The van der Waals surface area contributed by atoms with E-state index < -0.39 is 5.54 Å². The Labute approximate surface area is 100 Å².